The van der Waals surface area contributed by atoms with Gasteiger partial charge in [-0.3, -0.25) is 4.79 Å². The molecule has 2 aromatic rings. The molecule has 0 spiro atoms. The van der Waals surface area contributed by atoms with Gasteiger partial charge in [0.15, 0.2) is 17.3 Å². The first-order valence-corrected chi connectivity index (χ1v) is 7.50. The van der Waals surface area contributed by atoms with E-state index in [1.54, 1.807) is 0 Å². The summed E-state index contributed by atoms with van der Waals surface area (Å²) in [5.41, 5.74) is -3.07. The number of hydrogen-bond acceptors (Lipinski definition) is 4. The number of carboxylic acid groups (broad SMARTS) is 1. The molecule has 0 radical (unpaired) electrons. The van der Waals surface area contributed by atoms with Gasteiger partial charge in [-0.2, -0.15) is 13.2 Å². The number of amides is 1. The highest BCUT2D eigenvalue weighted by molar-refractivity contribution is 6.36. The van der Waals surface area contributed by atoms with Gasteiger partial charge < -0.3 is 15.2 Å². The normalized spacial score (nSPS) is 11.2. The first kappa shape index (κ1) is 20.4. The SMILES string of the molecule is COc1c(C(F)(F)F)ccc(-c2cc(NC(C)=O)c(Cl)c(C(=O)O)n2)c1F. The molecule has 1 aromatic carbocycles. The van der Waals surface area contributed by atoms with Crippen LogP contribution in [0.1, 0.15) is 23.0 Å². The quantitative estimate of drug-likeness (QED) is 0.742. The van der Waals surface area contributed by atoms with Gasteiger partial charge in [0.1, 0.15) is 5.56 Å². The number of nitrogens with one attached hydrogen (secondary N) is 1. The van der Waals surface area contributed by atoms with Gasteiger partial charge in [0.25, 0.3) is 0 Å². The van der Waals surface area contributed by atoms with Gasteiger partial charge >= 0.3 is 12.1 Å². The number of ether oxygens (including phenoxy) is 1. The molecule has 0 unspecified atom stereocenters. The fourth-order valence-corrected chi connectivity index (χ4v) is 2.49. The molecule has 144 valence electrons. The standard InChI is InChI=1S/C16H11ClF4N2O4/c1-6(24)22-10-5-9(23-13(11(10)17)15(25)26)7-3-4-8(16(19,20)21)14(27-2)12(7)18/h3-5H,1-2H3,(H,25,26)(H,22,23,24). The maximum absolute atomic E-state index is 14.6. The van der Waals surface area contributed by atoms with Crippen molar-refractivity contribution in [1.29, 1.82) is 0 Å². The molecule has 0 aliphatic carbocycles. The number of anilines is 1. The van der Waals surface area contributed by atoms with E-state index in [9.17, 15) is 32.3 Å². The van der Waals surface area contributed by atoms with E-state index in [1.165, 1.54) is 0 Å². The Morgan fingerprint density at radius 1 is 1.30 bits per heavy atom. The van der Waals surface area contributed by atoms with Crippen LogP contribution in [-0.2, 0) is 11.0 Å². The van der Waals surface area contributed by atoms with E-state index < -0.39 is 51.5 Å². The Kier molecular flexibility index (Phi) is 5.59. The number of benzene rings is 1. The maximum Gasteiger partial charge on any atom is 0.420 e. The van der Waals surface area contributed by atoms with Crippen LogP contribution >= 0.6 is 11.6 Å². The largest absolute Gasteiger partial charge is 0.493 e. The van der Waals surface area contributed by atoms with E-state index in [0.29, 0.717) is 6.07 Å². The Labute approximate surface area is 154 Å². The number of rotatable bonds is 4. The molecule has 2 rings (SSSR count). The zero-order valence-electron chi connectivity index (χ0n) is 13.7. The second kappa shape index (κ2) is 7.39. The number of pyridine rings is 1. The number of hydrogen-bond donors (Lipinski definition) is 2. The van der Waals surface area contributed by atoms with Gasteiger partial charge in [-0.25, -0.2) is 14.2 Å². The molecule has 0 atom stereocenters. The van der Waals surface area contributed by atoms with E-state index in [4.69, 9.17) is 11.6 Å². The lowest BCUT2D eigenvalue weighted by molar-refractivity contribution is -0.139. The van der Waals surface area contributed by atoms with Crippen molar-refractivity contribution in [2.24, 2.45) is 0 Å². The zero-order chi connectivity index (χ0) is 20.5. The monoisotopic (exact) mass is 406 g/mol. The maximum atomic E-state index is 14.6. The first-order valence-electron chi connectivity index (χ1n) is 7.12. The summed E-state index contributed by atoms with van der Waals surface area (Å²) >= 11 is 5.87. The summed E-state index contributed by atoms with van der Waals surface area (Å²) in [7, 11) is 0.859. The summed E-state index contributed by atoms with van der Waals surface area (Å²) in [6.45, 7) is 1.12. The van der Waals surface area contributed by atoms with Crippen LogP contribution in [0.4, 0.5) is 23.2 Å². The van der Waals surface area contributed by atoms with Crippen molar-refractivity contribution in [2.75, 3.05) is 12.4 Å². The Balaban J connectivity index is 2.76. The summed E-state index contributed by atoms with van der Waals surface area (Å²) in [5.74, 6) is -4.65. The smallest absolute Gasteiger partial charge is 0.420 e. The number of methoxy groups -OCH3 is 1. The predicted molar refractivity (Wildman–Crippen MR) is 87.5 cm³/mol. The number of alkyl halides is 3. The number of aromatic carboxylic acids is 1. The number of carbonyl (C=O) groups excluding carboxylic acids is 1. The van der Waals surface area contributed by atoms with Gasteiger partial charge in [0, 0.05) is 12.5 Å². The van der Waals surface area contributed by atoms with E-state index >= 15 is 0 Å². The number of nitrogens with zero attached hydrogens (tertiary/aromatic N) is 1. The molecular formula is C16H11ClF4N2O4. The number of carboxylic acids is 1. The van der Waals surface area contributed by atoms with Crippen LogP contribution < -0.4 is 10.1 Å². The molecule has 0 saturated heterocycles. The van der Waals surface area contributed by atoms with Gasteiger partial charge in [-0.05, 0) is 18.2 Å². The predicted octanol–water partition coefficient (Wildman–Crippen LogP) is 4.23. The molecule has 11 heteroatoms. The van der Waals surface area contributed by atoms with Crippen molar-refractivity contribution in [3.05, 3.63) is 40.3 Å². The number of aromatic nitrogens is 1. The van der Waals surface area contributed by atoms with Crippen LogP contribution in [0.25, 0.3) is 11.3 Å². The summed E-state index contributed by atoms with van der Waals surface area (Å²) in [6.07, 6.45) is -4.87. The van der Waals surface area contributed by atoms with E-state index in [0.717, 1.165) is 26.2 Å². The molecule has 1 aromatic heterocycles. The third-order valence-corrected chi connectivity index (χ3v) is 3.74. The highest BCUT2D eigenvalue weighted by Crippen LogP contribution is 2.41. The second-order valence-electron chi connectivity index (χ2n) is 5.21. The summed E-state index contributed by atoms with van der Waals surface area (Å²) in [6, 6.07) is 2.40. The number of halogens is 5. The van der Waals surface area contributed by atoms with E-state index in [2.05, 4.69) is 15.0 Å². The lowest BCUT2D eigenvalue weighted by atomic mass is 10.0. The fraction of sp³-hybridized carbons (Fsp3) is 0.188. The highest BCUT2D eigenvalue weighted by Gasteiger charge is 2.36. The van der Waals surface area contributed by atoms with Crippen LogP contribution in [0.5, 0.6) is 5.75 Å². The Morgan fingerprint density at radius 3 is 2.41 bits per heavy atom. The minimum Gasteiger partial charge on any atom is -0.493 e. The molecule has 0 aliphatic heterocycles. The third-order valence-electron chi connectivity index (χ3n) is 3.35. The van der Waals surface area contributed by atoms with Crippen LogP contribution in [0.15, 0.2) is 18.2 Å². The summed E-state index contributed by atoms with van der Waals surface area (Å²) in [4.78, 5) is 26.2. The van der Waals surface area contributed by atoms with Crippen LogP contribution in [0, 0.1) is 5.82 Å². The van der Waals surface area contributed by atoms with Gasteiger partial charge in [-0.15, -0.1) is 0 Å². The Morgan fingerprint density at radius 2 is 1.93 bits per heavy atom. The first-order chi connectivity index (χ1) is 12.5. The van der Waals surface area contributed by atoms with Crippen LogP contribution in [-0.4, -0.2) is 29.1 Å². The Bertz CT molecular complexity index is 932. The average molecular weight is 407 g/mol. The molecule has 1 heterocycles. The summed E-state index contributed by atoms with van der Waals surface area (Å²) < 4.78 is 58.1. The van der Waals surface area contributed by atoms with Crippen molar-refractivity contribution in [2.45, 2.75) is 13.1 Å². The molecule has 1 amide bonds. The van der Waals surface area contributed by atoms with Crippen LogP contribution in [0.2, 0.25) is 5.02 Å². The van der Waals surface area contributed by atoms with Crippen LogP contribution in [0.3, 0.4) is 0 Å². The molecule has 0 aliphatic rings. The topological polar surface area (TPSA) is 88.5 Å². The second-order valence-corrected chi connectivity index (χ2v) is 5.59. The minimum atomic E-state index is -4.87. The molecular weight excluding hydrogens is 396 g/mol. The van der Waals surface area contributed by atoms with Crippen molar-refractivity contribution in [3.63, 3.8) is 0 Å². The summed E-state index contributed by atoms with van der Waals surface area (Å²) in [5, 5.41) is 11.0. The molecule has 27 heavy (non-hydrogen) atoms. The van der Waals surface area contributed by atoms with Crippen molar-refractivity contribution in [1.82, 2.24) is 4.98 Å². The zero-order valence-corrected chi connectivity index (χ0v) is 14.5. The van der Waals surface area contributed by atoms with Gasteiger partial charge in [0.2, 0.25) is 5.91 Å². The molecule has 0 fully saturated rings. The minimum absolute atomic E-state index is 0.190. The van der Waals surface area contributed by atoms with Crippen molar-refractivity contribution >= 4 is 29.2 Å². The highest BCUT2D eigenvalue weighted by atomic mass is 35.5. The molecule has 0 saturated carbocycles. The van der Waals surface area contributed by atoms with E-state index in [-0.39, 0.29) is 11.4 Å². The van der Waals surface area contributed by atoms with E-state index in [1.807, 2.05) is 0 Å². The fourth-order valence-electron chi connectivity index (χ4n) is 2.27. The molecule has 6 nitrogen and oxygen atoms in total. The van der Waals surface area contributed by atoms with Crippen molar-refractivity contribution in [3.8, 4) is 17.0 Å². The third kappa shape index (κ3) is 4.11. The average Bonchev–Trinajstić information content (AvgIpc) is 2.54. The molecule has 2 N–H and O–H groups in total. The van der Waals surface area contributed by atoms with Gasteiger partial charge in [0.05, 0.1) is 23.5 Å². The van der Waals surface area contributed by atoms with Gasteiger partial charge in [-0.1, -0.05) is 11.6 Å². The Hall–Kier alpha value is -2.88. The lowest BCUT2D eigenvalue weighted by Gasteiger charge is -2.16. The lowest BCUT2D eigenvalue weighted by Crippen LogP contribution is -2.12. The molecule has 0 bridgehead atoms. The number of carbonyl (C=O) groups is 2. The van der Waals surface area contributed by atoms with Crippen molar-refractivity contribution < 1.29 is 37.0 Å².